The summed E-state index contributed by atoms with van der Waals surface area (Å²) in [6.07, 6.45) is 2.33. The largest absolute Gasteiger partial charge is 0.463 e. The van der Waals surface area contributed by atoms with E-state index in [0.29, 0.717) is 4.47 Å². The van der Waals surface area contributed by atoms with Crippen molar-refractivity contribution in [1.82, 2.24) is 10.6 Å². The van der Waals surface area contributed by atoms with Crippen LogP contribution in [0.3, 0.4) is 0 Å². The van der Waals surface area contributed by atoms with Crippen molar-refractivity contribution < 1.29 is 28.2 Å². The molecule has 2 amide bonds. The Kier molecular flexibility index (Phi) is 7.12. The minimum atomic E-state index is -0.759. The van der Waals surface area contributed by atoms with Gasteiger partial charge in [-0.1, -0.05) is 15.9 Å². The molecule has 2 N–H and O–H groups in total. The lowest BCUT2D eigenvalue weighted by molar-refractivity contribution is -0.140. The smallest absolute Gasteiger partial charge is 0.338 e. The number of nitrogens with one attached hydrogen (secondary N) is 2. The Morgan fingerprint density at radius 3 is 2.78 bits per heavy atom. The van der Waals surface area contributed by atoms with Gasteiger partial charge >= 0.3 is 18.0 Å². The second kappa shape index (κ2) is 9.31. The van der Waals surface area contributed by atoms with Gasteiger partial charge in [-0.25, -0.2) is 18.8 Å². The van der Waals surface area contributed by atoms with Crippen LogP contribution in [0.5, 0.6) is 0 Å². The second-order valence-corrected chi connectivity index (χ2v) is 6.46. The molecule has 9 heteroatoms. The molecular formula is C18H18BrFN2O5. The molecule has 0 saturated carbocycles. The maximum Gasteiger partial charge on any atom is 0.338 e. The summed E-state index contributed by atoms with van der Waals surface area (Å²) >= 11 is 3.22. The first-order valence-corrected chi connectivity index (χ1v) is 8.88. The van der Waals surface area contributed by atoms with Gasteiger partial charge in [-0.2, -0.15) is 0 Å². The van der Waals surface area contributed by atoms with Gasteiger partial charge in [-0.15, -0.1) is 0 Å². The summed E-state index contributed by atoms with van der Waals surface area (Å²) in [4.78, 5) is 35.6. The van der Waals surface area contributed by atoms with E-state index in [-0.39, 0.29) is 30.0 Å². The number of rotatable bonds is 6. The number of carbonyl (C=O) groups excluding carboxylic acids is 3. The van der Waals surface area contributed by atoms with E-state index >= 15 is 0 Å². The number of hydrogen-bond donors (Lipinski definition) is 2. The molecule has 0 saturated heterocycles. The SMILES string of the molecule is CCOC(=O)C1=C(COC(=O)/C=C/c2cc(Br)ccc2F)NC(=O)N[C@@H]1C. The lowest BCUT2D eigenvalue weighted by Gasteiger charge is -2.26. The highest BCUT2D eigenvalue weighted by Gasteiger charge is 2.30. The standard InChI is InChI=1S/C18H18BrFN2O5/c1-3-26-17(24)16-10(2)21-18(25)22-14(16)9-27-15(23)7-4-11-8-12(19)5-6-13(11)20/h4-8,10H,3,9H2,1-2H3,(H2,21,22,25)/b7-4+/t10-/m1/s1. The van der Waals surface area contributed by atoms with Crippen molar-refractivity contribution in [2.24, 2.45) is 0 Å². The maximum absolute atomic E-state index is 13.7. The monoisotopic (exact) mass is 440 g/mol. The highest BCUT2D eigenvalue weighted by atomic mass is 79.9. The molecule has 0 fully saturated rings. The van der Waals surface area contributed by atoms with Crippen molar-refractivity contribution in [1.29, 1.82) is 0 Å². The molecule has 1 aliphatic heterocycles. The van der Waals surface area contributed by atoms with Gasteiger partial charge in [-0.3, -0.25) is 0 Å². The van der Waals surface area contributed by atoms with Crippen LogP contribution in [0.25, 0.3) is 6.08 Å². The molecule has 2 rings (SSSR count). The minimum absolute atomic E-state index is 0.139. The number of urea groups is 1. The van der Waals surface area contributed by atoms with Crippen LogP contribution in [-0.4, -0.2) is 37.2 Å². The zero-order valence-electron chi connectivity index (χ0n) is 14.7. The van der Waals surface area contributed by atoms with Crippen LogP contribution in [0.15, 0.2) is 40.0 Å². The lowest BCUT2D eigenvalue weighted by Crippen LogP contribution is -2.50. The predicted molar refractivity (Wildman–Crippen MR) is 98.9 cm³/mol. The first-order chi connectivity index (χ1) is 12.8. The van der Waals surface area contributed by atoms with Gasteiger partial charge in [-0.05, 0) is 38.1 Å². The number of esters is 2. The van der Waals surface area contributed by atoms with Crippen LogP contribution in [0, 0.1) is 5.82 Å². The van der Waals surface area contributed by atoms with E-state index in [4.69, 9.17) is 9.47 Å². The van der Waals surface area contributed by atoms with Gasteiger partial charge in [0, 0.05) is 16.1 Å². The van der Waals surface area contributed by atoms with Crippen molar-refractivity contribution in [3.63, 3.8) is 0 Å². The molecule has 0 bridgehead atoms. The number of amides is 2. The number of ether oxygens (including phenoxy) is 2. The first kappa shape index (κ1) is 20.6. The Morgan fingerprint density at radius 1 is 1.33 bits per heavy atom. The summed E-state index contributed by atoms with van der Waals surface area (Å²) in [6, 6.07) is 3.19. The number of hydrogen-bond acceptors (Lipinski definition) is 5. The molecule has 0 unspecified atom stereocenters. The third-order valence-electron chi connectivity index (χ3n) is 3.58. The minimum Gasteiger partial charge on any atom is -0.463 e. The zero-order chi connectivity index (χ0) is 20.0. The lowest BCUT2D eigenvalue weighted by atomic mass is 10.0. The molecule has 1 aliphatic rings. The van der Waals surface area contributed by atoms with E-state index in [2.05, 4.69) is 26.6 Å². The molecule has 1 aromatic carbocycles. The van der Waals surface area contributed by atoms with Crippen molar-refractivity contribution >= 4 is 40.0 Å². The van der Waals surface area contributed by atoms with Crippen LogP contribution in [0.1, 0.15) is 19.4 Å². The first-order valence-electron chi connectivity index (χ1n) is 8.09. The van der Waals surface area contributed by atoms with Crippen LogP contribution in [0.2, 0.25) is 0 Å². The molecular weight excluding hydrogens is 423 g/mol. The predicted octanol–water partition coefficient (Wildman–Crippen LogP) is 2.66. The Hall–Kier alpha value is -2.68. The van der Waals surface area contributed by atoms with Crippen LogP contribution >= 0.6 is 15.9 Å². The van der Waals surface area contributed by atoms with Gasteiger partial charge < -0.3 is 20.1 Å². The molecule has 7 nitrogen and oxygen atoms in total. The topological polar surface area (TPSA) is 93.7 Å². The highest BCUT2D eigenvalue weighted by molar-refractivity contribution is 9.10. The van der Waals surface area contributed by atoms with E-state index in [1.807, 2.05) is 0 Å². The molecule has 1 heterocycles. The molecule has 27 heavy (non-hydrogen) atoms. The summed E-state index contributed by atoms with van der Waals surface area (Å²) in [5.74, 6) is -1.87. The van der Waals surface area contributed by atoms with Crippen molar-refractivity contribution in [2.45, 2.75) is 19.9 Å². The van der Waals surface area contributed by atoms with E-state index < -0.39 is 29.8 Å². The summed E-state index contributed by atoms with van der Waals surface area (Å²) < 4.78 is 24.3. The highest BCUT2D eigenvalue weighted by Crippen LogP contribution is 2.17. The fraction of sp³-hybridized carbons (Fsp3) is 0.278. The van der Waals surface area contributed by atoms with E-state index in [0.717, 1.165) is 6.08 Å². The molecule has 0 spiro atoms. The number of benzene rings is 1. The third-order valence-corrected chi connectivity index (χ3v) is 4.07. The molecule has 0 aliphatic carbocycles. The van der Waals surface area contributed by atoms with Gasteiger partial charge in [0.05, 0.1) is 23.9 Å². The maximum atomic E-state index is 13.7. The average molecular weight is 441 g/mol. The summed E-state index contributed by atoms with van der Waals surface area (Å²) in [5, 5.41) is 4.98. The quantitative estimate of drug-likeness (QED) is 0.523. The molecule has 144 valence electrons. The van der Waals surface area contributed by atoms with Crippen LogP contribution < -0.4 is 10.6 Å². The number of carbonyl (C=O) groups is 3. The van der Waals surface area contributed by atoms with Crippen LogP contribution in [-0.2, 0) is 19.1 Å². The van der Waals surface area contributed by atoms with Crippen molar-refractivity contribution in [3.05, 3.63) is 51.4 Å². The number of halogens is 2. The summed E-state index contributed by atoms with van der Waals surface area (Å²) in [7, 11) is 0. The third kappa shape index (κ3) is 5.65. The van der Waals surface area contributed by atoms with Gasteiger partial charge in [0.1, 0.15) is 12.4 Å². The summed E-state index contributed by atoms with van der Waals surface area (Å²) in [5.41, 5.74) is 0.517. The van der Waals surface area contributed by atoms with Crippen LogP contribution in [0.4, 0.5) is 9.18 Å². The van der Waals surface area contributed by atoms with E-state index in [1.54, 1.807) is 13.8 Å². The molecule has 1 atom stereocenters. The Morgan fingerprint density at radius 2 is 2.07 bits per heavy atom. The average Bonchev–Trinajstić information content (AvgIpc) is 2.60. The van der Waals surface area contributed by atoms with Gasteiger partial charge in [0.25, 0.3) is 0 Å². The van der Waals surface area contributed by atoms with E-state index in [1.165, 1.54) is 24.3 Å². The zero-order valence-corrected chi connectivity index (χ0v) is 16.3. The Labute approximate surface area is 163 Å². The summed E-state index contributed by atoms with van der Waals surface area (Å²) in [6.45, 7) is 3.10. The molecule has 1 aromatic rings. The van der Waals surface area contributed by atoms with Crippen molar-refractivity contribution in [2.75, 3.05) is 13.2 Å². The van der Waals surface area contributed by atoms with Crippen molar-refractivity contribution in [3.8, 4) is 0 Å². The van der Waals surface area contributed by atoms with Gasteiger partial charge in [0.15, 0.2) is 0 Å². The normalized spacial score (nSPS) is 16.7. The fourth-order valence-corrected chi connectivity index (χ4v) is 2.76. The molecule has 0 aromatic heterocycles. The Bertz CT molecular complexity index is 822. The van der Waals surface area contributed by atoms with E-state index in [9.17, 15) is 18.8 Å². The Balaban J connectivity index is 2.09. The second-order valence-electron chi connectivity index (χ2n) is 5.54. The molecule has 0 radical (unpaired) electrons. The fourth-order valence-electron chi connectivity index (χ4n) is 2.38. The van der Waals surface area contributed by atoms with Gasteiger partial charge in [0.2, 0.25) is 0 Å².